The van der Waals surface area contributed by atoms with Crippen LogP contribution in [0, 0.1) is 17.0 Å². The van der Waals surface area contributed by atoms with E-state index in [9.17, 15) is 14.9 Å². The minimum atomic E-state index is -0.609. The maximum Gasteiger partial charge on any atom is 0.392 e. The lowest BCUT2D eigenvalue weighted by Gasteiger charge is -2.12. The first-order chi connectivity index (χ1) is 9.41. The largest absolute Gasteiger partial charge is 0.392 e. The molecule has 104 valence electrons. The Hall–Kier alpha value is -2.84. The zero-order valence-corrected chi connectivity index (χ0v) is 11.1. The van der Waals surface area contributed by atoms with E-state index in [1.165, 1.54) is 28.9 Å². The molecule has 0 N–H and O–H groups in total. The van der Waals surface area contributed by atoms with Crippen molar-refractivity contribution in [2.45, 2.75) is 13.8 Å². The molecule has 0 unspecified atom stereocenters. The van der Waals surface area contributed by atoms with Crippen LogP contribution in [0.4, 0.5) is 11.5 Å². The van der Waals surface area contributed by atoms with Gasteiger partial charge in [-0.05, 0) is 16.8 Å². The molecule has 0 fully saturated rings. The molecule has 0 aliphatic rings. The fourth-order valence-corrected chi connectivity index (χ4v) is 1.69. The zero-order chi connectivity index (χ0) is 14.9. The number of aryl methyl sites for hydroxylation is 1. The van der Waals surface area contributed by atoms with Crippen molar-refractivity contribution >= 4 is 17.4 Å². The number of aromatic nitrogens is 4. The Balaban J connectivity index is 2.53. The molecular weight excluding hydrogens is 264 g/mol. The Labute approximate surface area is 114 Å². The first-order valence-electron chi connectivity index (χ1n) is 5.67. The third-order valence-electron chi connectivity index (χ3n) is 2.80. The number of hydrogen-bond acceptors (Lipinski definition) is 6. The van der Waals surface area contributed by atoms with Gasteiger partial charge in [-0.25, -0.2) is 9.67 Å². The van der Waals surface area contributed by atoms with Gasteiger partial charge in [-0.2, -0.15) is 5.10 Å². The van der Waals surface area contributed by atoms with Crippen LogP contribution in [0.5, 0.6) is 0 Å². The third kappa shape index (κ3) is 2.32. The number of rotatable bonds is 3. The number of carbonyl (C=O) groups excluding carboxylic acids is 1. The second-order valence-corrected chi connectivity index (χ2v) is 4.11. The molecule has 0 bridgehead atoms. The SMILES string of the molecule is CC(=O)N(C)c1cn(-c2cncnc2[N+](=O)[O-])nc1C. The maximum absolute atomic E-state index is 11.4. The molecule has 9 nitrogen and oxygen atoms in total. The van der Waals surface area contributed by atoms with E-state index in [1.54, 1.807) is 14.0 Å². The number of carbonyl (C=O) groups is 1. The molecule has 9 heteroatoms. The van der Waals surface area contributed by atoms with Crippen LogP contribution in [0.3, 0.4) is 0 Å². The summed E-state index contributed by atoms with van der Waals surface area (Å²) in [5.74, 6) is -0.508. The van der Waals surface area contributed by atoms with Crippen molar-refractivity contribution in [3.63, 3.8) is 0 Å². The highest BCUT2D eigenvalue weighted by atomic mass is 16.6. The number of amides is 1. The Morgan fingerprint density at radius 3 is 2.80 bits per heavy atom. The minimum Gasteiger partial charge on any atom is -0.358 e. The molecule has 0 spiro atoms. The molecule has 2 aromatic rings. The van der Waals surface area contributed by atoms with Crippen LogP contribution in [0.1, 0.15) is 12.6 Å². The number of nitro groups is 1. The highest BCUT2D eigenvalue weighted by molar-refractivity contribution is 5.91. The molecule has 0 saturated carbocycles. The van der Waals surface area contributed by atoms with Gasteiger partial charge >= 0.3 is 5.82 Å². The summed E-state index contributed by atoms with van der Waals surface area (Å²) in [6, 6.07) is 0. The average Bonchev–Trinajstić information content (AvgIpc) is 2.79. The zero-order valence-electron chi connectivity index (χ0n) is 11.1. The van der Waals surface area contributed by atoms with E-state index in [0.29, 0.717) is 11.4 Å². The topological polar surface area (TPSA) is 107 Å². The summed E-state index contributed by atoms with van der Waals surface area (Å²) in [5.41, 5.74) is 1.28. The van der Waals surface area contributed by atoms with Crippen molar-refractivity contribution in [3.05, 3.63) is 34.5 Å². The molecule has 0 atom stereocenters. The first kappa shape index (κ1) is 13.6. The average molecular weight is 276 g/mol. The van der Waals surface area contributed by atoms with E-state index in [1.807, 2.05) is 0 Å². The summed E-state index contributed by atoms with van der Waals surface area (Å²) >= 11 is 0. The lowest BCUT2D eigenvalue weighted by Crippen LogP contribution is -2.23. The van der Waals surface area contributed by atoms with E-state index >= 15 is 0 Å². The van der Waals surface area contributed by atoms with E-state index in [4.69, 9.17) is 0 Å². The Morgan fingerprint density at radius 2 is 2.20 bits per heavy atom. The summed E-state index contributed by atoms with van der Waals surface area (Å²) in [6.45, 7) is 3.13. The molecule has 20 heavy (non-hydrogen) atoms. The van der Waals surface area contributed by atoms with Crippen LogP contribution >= 0.6 is 0 Å². The quantitative estimate of drug-likeness (QED) is 0.607. The van der Waals surface area contributed by atoms with Crippen molar-refractivity contribution in [2.24, 2.45) is 0 Å². The molecule has 0 aliphatic heterocycles. The molecule has 0 aromatic carbocycles. The van der Waals surface area contributed by atoms with Gasteiger partial charge in [-0.15, -0.1) is 0 Å². The van der Waals surface area contributed by atoms with E-state index < -0.39 is 4.92 Å². The summed E-state index contributed by atoms with van der Waals surface area (Å²) in [7, 11) is 1.60. The lowest BCUT2D eigenvalue weighted by atomic mass is 10.3. The highest BCUT2D eigenvalue weighted by Crippen LogP contribution is 2.23. The molecule has 2 rings (SSSR count). The van der Waals surface area contributed by atoms with Gasteiger partial charge in [-0.1, -0.05) is 0 Å². The molecular formula is C11H12N6O3. The van der Waals surface area contributed by atoms with Gasteiger partial charge in [0.2, 0.25) is 12.2 Å². The van der Waals surface area contributed by atoms with E-state index in [0.717, 1.165) is 6.33 Å². The van der Waals surface area contributed by atoms with Crippen molar-refractivity contribution in [1.82, 2.24) is 19.7 Å². The van der Waals surface area contributed by atoms with Crippen LogP contribution < -0.4 is 4.90 Å². The van der Waals surface area contributed by atoms with Crippen LogP contribution in [-0.2, 0) is 4.79 Å². The Kier molecular flexibility index (Phi) is 3.42. The van der Waals surface area contributed by atoms with E-state index in [-0.39, 0.29) is 17.4 Å². The number of anilines is 1. The minimum absolute atomic E-state index is 0.142. The molecule has 0 aliphatic carbocycles. The Bertz CT molecular complexity index is 681. The lowest BCUT2D eigenvalue weighted by molar-refractivity contribution is -0.389. The van der Waals surface area contributed by atoms with Crippen LogP contribution in [0.2, 0.25) is 0 Å². The van der Waals surface area contributed by atoms with Crippen molar-refractivity contribution < 1.29 is 9.72 Å². The van der Waals surface area contributed by atoms with E-state index in [2.05, 4.69) is 15.1 Å². The molecule has 2 heterocycles. The predicted octanol–water partition coefficient (Wildman–Crippen LogP) is 0.862. The Morgan fingerprint density at radius 1 is 1.50 bits per heavy atom. The standard InChI is InChI=1S/C11H12N6O3/c1-7-10(15(3)8(2)18)5-16(14-7)9-4-12-6-13-11(9)17(19)20/h4-6H,1-3H3. The number of hydrogen-bond donors (Lipinski definition) is 0. The molecule has 0 radical (unpaired) electrons. The van der Waals surface area contributed by atoms with Gasteiger partial charge in [0.05, 0.1) is 23.8 Å². The summed E-state index contributed by atoms with van der Waals surface area (Å²) in [5, 5.41) is 15.1. The molecule has 2 aromatic heterocycles. The molecule has 1 amide bonds. The third-order valence-corrected chi connectivity index (χ3v) is 2.80. The fourth-order valence-electron chi connectivity index (χ4n) is 1.69. The smallest absolute Gasteiger partial charge is 0.358 e. The van der Waals surface area contributed by atoms with Gasteiger partial charge in [0, 0.05) is 14.0 Å². The van der Waals surface area contributed by atoms with Gasteiger partial charge in [0.25, 0.3) is 0 Å². The molecule has 0 saturated heterocycles. The van der Waals surface area contributed by atoms with Crippen molar-refractivity contribution in [3.8, 4) is 5.69 Å². The highest BCUT2D eigenvalue weighted by Gasteiger charge is 2.20. The van der Waals surface area contributed by atoms with Gasteiger partial charge in [0.1, 0.15) is 0 Å². The van der Waals surface area contributed by atoms with Gasteiger partial charge in [0.15, 0.2) is 5.69 Å². The fraction of sp³-hybridized carbons (Fsp3) is 0.273. The monoisotopic (exact) mass is 276 g/mol. The van der Waals surface area contributed by atoms with Crippen LogP contribution in [-0.4, -0.2) is 37.6 Å². The first-order valence-corrected chi connectivity index (χ1v) is 5.67. The van der Waals surface area contributed by atoms with Gasteiger partial charge < -0.3 is 15.0 Å². The normalized spacial score (nSPS) is 10.3. The summed E-state index contributed by atoms with van der Waals surface area (Å²) in [6.07, 6.45) is 3.93. The maximum atomic E-state index is 11.4. The predicted molar refractivity (Wildman–Crippen MR) is 69.6 cm³/mol. The van der Waals surface area contributed by atoms with Crippen LogP contribution in [0.15, 0.2) is 18.7 Å². The van der Waals surface area contributed by atoms with Crippen molar-refractivity contribution in [2.75, 3.05) is 11.9 Å². The van der Waals surface area contributed by atoms with Crippen molar-refractivity contribution in [1.29, 1.82) is 0 Å². The van der Waals surface area contributed by atoms with Gasteiger partial charge in [-0.3, -0.25) is 4.79 Å². The summed E-state index contributed by atoms with van der Waals surface area (Å²) in [4.78, 5) is 30.5. The second kappa shape index (κ2) is 5.03. The summed E-state index contributed by atoms with van der Waals surface area (Å²) < 4.78 is 1.29. The number of nitrogens with zero attached hydrogens (tertiary/aromatic N) is 6. The van der Waals surface area contributed by atoms with Crippen LogP contribution in [0.25, 0.3) is 5.69 Å². The second-order valence-electron chi connectivity index (χ2n) is 4.11.